The normalized spacial score (nSPS) is 18.6. The van der Waals surface area contributed by atoms with Crippen LogP contribution >= 0.6 is 0 Å². The molecule has 1 saturated carbocycles. The average Bonchev–Trinajstić information content (AvgIpc) is 2.25. The highest BCUT2D eigenvalue weighted by Crippen LogP contribution is 2.29. The van der Waals surface area contributed by atoms with Gasteiger partial charge in [-0.05, 0) is 12.8 Å². The second-order valence-electron chi connectivity index (χ2n) is 3.86. The number of allylic oxidation sites excluding steroid dienone is 1. The Bertz CT molecular complexity index is 232. The molecular formula is C11H19NO3. The van der Waals surface area contributed by atoms with Gasteiger partial charge >= 0.3 is 5.97 Å². The van der Waals surface area contributed by atoms with Crippen molar-refractivity contribution in [1.29, 1.82) is 0 Å². The summed E-state index contributed by atoms with van der Waals surface area (Å²) >= 11 is 0. The maximum atomic E-state index is 10.3. The number of hydrogen-bond acceptors (Lipinski definition) is 3. The highest BCUT2D eigenvalue weighted by Gasteiger charge is 2.18. The number of methoxy groups -OCH3 is 1. The summed E-state index contributed by atoms with van der Waals surface area (Å²) in [6, 6.07) is 0. The van der Waals surface area contributed by atoms with Gasteiger partial charge in [0.25, 0.3) is 0 Å². The van der Waals surface area contributed by atoms with Crippen LogP contribution in [-0.2, 0) is 9.53 Å². The van der Waals surface area contributed by atoms with Crippen LogP contribution in [-0.4, -0.2) is 24.7 Å². The van der Waals surface area contributed by atoms with Gasteiger partial charge in [0.2, 0.25) is 0 Å². The van der Waals surface area contributed by atoms with Gasteiger partial charge in [-0.3, -0.25) is 4.79 Å². The summed E-state index contributed by atoms with van der Waals surface area (Å²) in [5.41, 5.74) is 0. The van der Waals surface area contributed by atoms with Gasteiger partial charge < -0.3 is 15.2 Å². The van der Waals surface area contributed by atoms with E-state index in [1.807, 2.05) is 0 Å². The Kier molecular flexibility index (Phi) is 5.01. The lowest BCUT2D eigenvalue weighted by Crippen LogP contribution is -2.20. The molecule has 0 bridgehead atoms. The molecule has 1 fully saturated rings. The summed E-state index contributed by atoms with van der Waals surface area (Å²) in [5, 5.41) is 11.2. The van der Waals surface area contributed by atoms with Crippen molar-refractivity contribution < 1.29 is 14.6 Å². The highest BCUT2D eigenvalue weighted by molar-refractivity contribution is 5.69. The zero-order valence-corrected chi connectivity index (χ0v) is 9.16. The minimum Gasteiger partial charge on any atom is -0.499 e. The predicted molar refractivity (Wildman–Crippen MR) is 57.3 cm³/mol. The fourth-order valence-corrected chi connectivity index (χ4v) is 1.97. The molecule has 1 aliphatic rings. The molecule has 4 nitrogen and oxygen atoms in total. The smallest absolute Gasteiger partial charge is 0.322 e. The molecule has 0 radical (unpaired) electrons. The fourth-order valence-electron chi connectivity index (χ4n) is 1.97. The van der Waals surface area contributed by atoms with E-state index in [0.29, 0.717) is 5.92 Å². The Labute approximate surface area is 90.3 Å². The topological polar surface area (TPSA) is 58.6 Å². The summed E-state index contributed by atoms with van der Waals surface area (Å²) in [6.45, 7) is -0.0560. The molecule has 15 heavy (non-hydrogen) atoms. The molecule has 0 saturated heterocycles. The van der Waals surface area contributed by atoms with Crippen LogP contribution in [0.25, 0.3) is 0 Å². The number of aliphatic carboxylic acids is 1. The second kappa shape index (κ2) is 6.32. The first-order valence-corrected chi connectivity index (χ1v) is 5.43. The van der Waals surface area contributed by atoms with Crippen LogP contribution < -0.4 is 5.32 Å². The zero-order valence-electron chi connectivity index (χ0n) is 9.16. The van der Waals surface area contributed by atoms with Gasteiger partial charge in [0.15, 0.2) is 0 Å². The number of rotatable bonds is 5. The molecule has 86 valence electrons. The first kappa shape index (κ1) is 11.9. The number of hydrogen-bond donors (Lipinski definition) is 2. The van der Waals surface area contributed by atoms with E-state index in [-0.39, 0.29) is 6.54 Å². The van der Waals surface area contributed by atoms with Crippen molar-refractivity contribution in [3.63, 3.8) is 0 Å². The predicted octanol–water partition coefficient (Wildman–Crippen LogP) is 1.73. The quantitative estimate of drug-likeness (QED) is 0.683. The highest BCUT2D eigenvalue weighted by atomic mass is 16.5. The second-order valence-corrected chi connectivity index (χ2v) is 3.86. The van der Waals surface area contributed by atoms with Gasteiger partial charge in [-0.25, -0.2) is 0 Å². The van der Waals surface area contributed by atoms with Crippen LogP contribution in [0.15, 0.2) is 12.0 Å². The van der Waals surface area contributed by atoms with Gasteiger partial charge in [-0.1, -0.05) is 19.3 Å². The minimum absolute atomic E-state index is 0.0560. The summed E-state index contributed by atoms with van der Waals surface area (Å²) in [4.78, 5) is 10.3. The number of ether oxygens (including phenoxy) is 1. The van der Waals surface area contributed by atoms with E-state index < -0.39 is 5.97 Å². The van der Waals surface area contributed by atoms with Crippen LogP contribution in [0, 0.1) is 5.92 Å². The van der Waals surface area contributed by atoms with Crippen molar-refractivity contribution in [2.24, 2.45) is 5.92 Å². The molecule has 0 aromatic heterocycles. The Morgan fingerprint density at radius 3 is 2.67 bits per heavy atom. The van der Waals surface area contributed by atoms with Crippen LogP contribution in [0.1, 0.15) is 32.1 Å². The van der Waals surface area contributed by atoms with Gasteiger partial charge in [0.05, 0.1) is 7.11 Å². The Morgan fingerprint density at radius 1 is 1.47 bits per heavy atom. The summed E-state index contributed by atoms with van der Waals surface area (Å²) in [6.07, 6.45) is 7.78. The number of carbonyl (C=O) groups is 1. The van der Waals surface area contributed by atoms with Crippen molar-refractivity contribution in [2.45, 2.75) is 32.1 Å². The molecule has 0 heterocycles. The number of carboxylic acid groups (broad SMARTS) is 1. The van der Waals surface area contributed by atoms with Crippen molar-refractivity contribution in [3.05, 3.63) is 12.0 Å². The monoisotopic (exact) mass is 213 g/mol. The number of carboxylic acids is 1. The molecule has 2 N–H and O–H groups in total. The molecule has 0 unspecified atom stereocenters. The fraction of sp³-hybridized carbons (Fsp3) is 0.727. The van der Waals surface area contributed by atoms with Crippen molar-refractivity contribution in [3.8, 4) is 0 Å². The van der Waals surface area contributed by atoms with Gasteiger partial charge in [-0.2, -0.15) is 0 Å². The van der Waals surface area contributed by atoms with Crippen molar-refractivity contribution in [1.82, 2.24) is 5.32 Å². The summed E-state index contributed by atoms with van der Waals surface area (Å²) in [5.74, 6) is 0.492. The van der Waals surface area contributed by atoms with Gasteiger partial charge in [0.1, 0.15) is 12.3 Å². The lowest BCUT2D eigenvalue weighted by molar-refractivity contribution is -0.135. The Hall–Kier alpha value is -1.19. The van der Waals surface area contributed by atoms with Crippen LogP contribution in [0.4, 0.5) is 0 Å². The lowest BCUT2D eigenvalue weighted by Gasteiger charge is -2.23. The molecule has 4 heteroatoms. The van der Waals surface area contributed by atoms with Crippen molar-refractivity contribution >= 4 is 5.97 Å². The molecule has 0 aliphatic heterocycles. The van der Waals surface area contributed by atoms with Gasteiger partial charge in [0, 0.05) is 12.1 Å². The summed E-state index contributed by atoms with van der Waals surface area (Å²) in [7, 11) is 1.64. The van der Waals surface area contributed by atoms with Crippen LogP contribution in [0.3, 0.4) is 0 Å². The first-order valence-electron chi connectivity index (χ1n) is 5.43. The van der Waals surface area contributed by atoms with Crippen LogP contribution in [0.2, 0.25) is 0 Å². The van der Waals surface area contributed by atoms with E-state index in [1.165, 1.54) is 19.3 Å². The zero-order chi connectivity index (χ0) is 11.1. The first-order chi connectivity index (χ1) is 7.24. The number of nitrogens with one attached hydrogen (secondary N) is 1. The third-order valence-corrected chi connectivity index (χ3v) is 2.74. The molecule has 0 amide bonds. The standard InChI is InChI=1S/C11H19NO3/c1-15-10(7-12-8-11(13)14)9-5-3-2-4-6-9/h7,9,12H,2-6,8H2,1H3,(H,13,14). The van der Waals surface area contributed by atoms with Crippen molar-refractivity contribution in [2.75, 3.05) is 13.7 Å². The molecule has 0 aromatic carbocycles. The van der Waals surface area contributed by atoms with E-state index in [4.69, 9.17) is 9.84 Å². The third kappa shape index (κ3) is 4.23. The molecule has 0 aromatic rings. The maximum absolute atomic E-state index is 10.3. The van der Waals surface area contributed by atoms with Gasteiger partial charge in [-0.15, -0.1) is 0 Å². The largest absolute Gasteiger partial charge is 0.499 e. The Balaban J connectivity index is 2.41. The lowest BCUT2D eigenvalue weighted by atomic mass is 9.88. The van der Waals surface area contributed by atoms with E-state index in [9.17, 15) is 4.79 Å². The Morgan fingerprint density at radius 2 is 2.13 bits per heavy atom. The van der Waals surface area contributed by atoms with Crippen LogP contribution in [0.5, 0.6) is 0 Å². The van der Waals surface area contributed by atoms with E-state index >= 15 is 0 Å². The average molecular weight is 213 g/mol. The SMILES string of the molecule is COC(=CNCC(=O)O)C1CCCCC1. The maximum Gasteiger partial charge on any atom is 0.322 e. The molecule has 0 atom stereocenters. The van der Waals surface area contributed by atoms with E-state index in [1.54, 1.807) is 13.3 Å². The molecule has 1 rings (SSSR count). The summed E-state index contributed by atoms with van der Waals surface area (Å²) < 4.78 is 5.28. The molecular weight excluding hydrogens is 194 g/mol. The van der Waals surface area contributed by atoms with E-state index in [2.05, 4.69) is 5.32 Å². The third-order valence-electron chi connectivity index (χ3n) is 2.74. The minimum atomic E-state index is -0.856. The molecule has 0 spiro atoms. The molecule has 1 aliphatic carbocycles. The van der Waals surface area contributed by atoms with E-state index in [0.717, 1.165) is 18.6 Å².